The Kier molecular flexibility index (Phi) is 6.37. The molecule has 2 heterocycles. The van der Waals surface area contributed by atoms with Crippen LogP contribution < -0.4 is 5.32 Å². The number of allylic oxidation sites excluding steroid dienone is 4. The van der Waals surface area contributed by atoms with E-state index in [1.807, 2.05) is 20.8 Å². The fraction of sp³-hybridized carbons (Fsp3) is 0.625. The fourth-order valence-corrected chi connectivity index (χ4v) is 2.71. The summed E-state index contributed by atoms with van der Waals surface area (Å²) in [4.78, 5) is 0. The Labute approximate surface area is 112 Å². The van der Waals surface area contributed by atoms with Crippen LogP contribution in [-0.2, 0) is 4.74 Å². The van der Waals surface area contributed by atoms with Crippen LogP contribution >= 0.6 is 0 Å². The van der Waals surface area contributed by atoms with Gasteiger partial charge in [-0.25, -0.2) is 0 Å². The van der Waals surface area contributed by atoms with Crippen LogP contribution in [0, 0.1) is 0 Å². The SMILES string of the molecule is CC.C\C=C/C=C1/COC2(CCNCC2)/C1=C/C. The Morgan fingerprint density at radius 1 is 1.17 bits per heavy atom. The van der Waals surface area contributed by atoms with E-state index in [0.717, 1.165) is 32.5 Å². The molecule has 0 saturated carbocycles. The highest BCUT2D eigenvalue weighted by molar-refractivity contribution is 5.44. The van der Waals surface area contributed by atoms with Crippen molar-refractivity contribution in [3.8, 4) is 0 Å². The molecule has 0 aromatic heterocycles. The monoisotopic (exact) mass is 249 g/mol. The molecule has 1 N–H and O–H groups in total. The molecule has 0 unspecified atom stereocenters. The van der Waals surface area contributed by atoms with Crippen LogP contribution in [0.3, 0.4) is 0 Å². The number of hydrogen-bond acceptors (Lipinski definition) is 2. The van der Waals surface area contributed by atoms with Crippen LogP contribution in [0.5, 0.6) is 0 Å². The van der Waals surface area contributed by atoms with Gasteiger partial charge >= 0.3 is 0 Å². The highest BCUT2D eigenvalue weighted by Gasteiger charge is 2.42. The van der Waals surface area contributed by atoms with Crippen molar-refractivity contribution >= 4 is 0 Å². The van der Waals surface area contributed by atoms with Gasteiger partial charge in [0.2, 0.25) is 0 Å². The third kappa shape index (κ3) is 3.12. The summed E-state index contributed by atoms with van der Waals surface area (Å²) in [5.41, 5.74) is 2.77. The first-order valence-electron chi connectivity index (χ1n) is 7.16. The van der Waals surface area contributed by atoms with Gasteiger partial charge in [0.25, 0.3) is 0 Å². The lowest BCUT2D eigenvalue weighted by Crippen LogP contribution is -2.42. The Morgan fingerprint density at radius 2 is 1.83 bits per heavy atom. The first-order valence-corrected chi connectivity index (χ1v) is 7.16. The smallest absolute Gasteiger partial charge is 0.0960 e. The number of rotatable bonds is 1. The molecule has 2 nitrogen and oxygen atoms in total. The lowest BCUT2D eigenvalue weighted by Gasteiger charge is -2.34. The minimum Gasteiger partial charge on any atom is -0.366 e. The zero-order valence-electron chi connectivity index (χ0n) is 12.3. The summed E-state index contributed by atoms with van der Waals surface area (Å²) in [7, 11) is 0. The lowest BCUT2D eigenvalue weighted by atomic mass is 9.83. The minimum absolute atomic E-state index is 0.00736. The van der Waals surface area contributed by atoms with E-state index in [4.69, 9.17) is 4.74 Å². The molecule has 0 amide bonds. The summed E-state index contributed by atoms with van der Waals surface area (Å²) in [6, 6.07) is 0. The second kappa shape index (κ2) is 7.55. The number of ether oxygens (including phenoxy) is 1. The van der Waals surface area contributed by atoms with E-state index >= 15 is 0 Å². The largest absolute Gasteiger partial charge is 0.366 e. The number of nitrogens with one attached hydrogen (secondary N) is 1. The molecule has 2 aliphatic heterocycles. The predicted octanol–water partition coefficient (Wildman–Crippen LogP) is 3.61. The molecule has 2 fully saturated rings. The van der Waals surface area contributed by atoms with Crippen LogP contribution in [0.2, 0.25) is 0 Å². The van der Waals surface area contributed by atoms with Crippen molar-refractivity contribution in [3.05, 3.63) is 35.5 Å². The van der Waals surface area contributed by atoms with Gasteiger partial charge in [-0.1, -0.05) is 38.2 Å². The van der Waals surface area contributed by atoms with Crippen LogP contribution in [0.1, 0.15) is 40.5 Å². The molecule has 0 bridgehead atoms. The van der Waals surface area contributed by atoms with Crippen molar-refractivity contribution < 1.29 is 4.74 Å². The van der Waals surface area contributed by atoms with E-state index in [2.05, 4.69) is 36.5 Å². The molecule has 0 radical (unpaired) electrons. The normalized spacial score (nSPS) is 26.9. The molecule has 2 rings (SSSR count). The van der Waals surface area contributed by atoms with E-state index in [0.29, 0.717) is 0 Å². The highest BCUT2D eigenvalue weighted by Crippen LogP contribution is 2.41. The second-order valence-electron chi connectivity index (χ2n) is 4.45. The van der Waals surface area contributed by atoms with Gasteiger partial charge in [0.1, 0.15) is 0 Å². The molecule has 2 saturated heterocycles. The van der Waals surface area contributed by atoms with Crippen molar-refractivity contribution in [3.63, 3.8) is 0 Å². The molecule has 0 atom stereocenters. The summed E-state index contributed by atoms with van der Waals surface area (Å²) in [6.45, 7) is 11.1. The van der Waals surface area contributed by atoms with E-state index in [1.165, 1.54) is 11.1 Å². The minimum atomic E-state index is 0.00736. The maximum Gasteiger partial charge on any atom is 0.0960 e. The third-order valence-corrected chi connectivity index (χ3v) is 3.53. The van der Waals surface area contributed by atoms with Gasteiger partial charge in [-0.3, -0.25) is 0 Å². The van der Waals surface area contributed by atoms with Gasteiger partial charge in [0.15, 0.2) is 0 Å². The molecule has 2 heteroatoms. The lowest BCUT2D eigenvalue weighted by molar-refractivity contribution is 0.00318. The molecule has 18 heavy (non-hydrogen) atoms. The van der Waals surface area contributed by atoms with Gasteiger partial charge in [-0.15, -0.1) is 0 Å². The predicted molar refractivity (Wildman–Crippen MR) is 78.8 cm³/mol. The highest BCUT2D eigenvalue weighted by atomic mass is 16.5. The van der Waals surface area contributed by atoms with Crippen molar-refractivity contribution in [2.75, 3.05) is 19.7 Å². The molecule has 1 spiro atoms. The Bertz CT molecular complexity index is 333. The van der Waals surface area contributed by atoms with Crippen molar-refractivity contribution in [1.82, 2.24) is 5.32 Å². The third-order valence-electron chi connectivity index (χ3n) is 3.53. The molecule has 0 aliphatic carbocycles. The first kappa shape index (κ1) is 15.2. The number of hydrogen-bond donors (Lipinski definition) is 1. The maximum atomic E-state index is 6.08. The van der Waals surface area contributed by atoms with Gasteiger partial charge in [0.05, 0.1) is 12.2 Å². The van der Waals surface area contributed by atoms with Crippen LogP contribution in [0.4, 0.5) is 0 Å². The summed E-state index contributed by atoms with van der Waals surface area (Å²) in [6.07, 6.45) is 10.8. The quantitative estimate of drug-likeness (QED) is 0.766. The van der Waals surface area contributed by atoms with Crippen LogP contribution in [-0.4, -0.2) is 25.3 Å². The molecular weight excluding hydrogens is 222 g/mol. The van der Waals surface area contributed by atoms with Crippen molar-refractivity contribution in [1.29, 1.82) is 0 Å². The second-order valence-corrected chi connectivity index (χ2v) is 4.45. The number of piperidine rings is 1. The average Bonchev–Trinajstić information content (AvgIpc) is 2.77. The van der Waals surface area contributed by atoms with E-state index in [9.17, 15) is 0 Å². The summed E-state index contributed by atoms with van der Waals surface area (Å²) in [5.74, 6) is 0. The zero-order valence-corrected chi connectivity index (χ0v) is 12.3. The topological polar surface area (TPSA) is 21.3 Å². The maximum absolute atomic E-state index is 6.08. The summed E-state index contributed by atoms with van der Waals surface area (Å²) < 4.78 is 6.08. The molecule has 102 valence electrons. The Balaban J connectivity index is 0.000000771. The fourth-order valence-electron chi connectivity index (χ4n) is 2.71. The first-order chi connectivity index (χ1) is 8.82. The van der Waals surface area contributed by atoms with Crippen molar-refractivity contribution in [2.45, 2.75) is 46.1 Å². The van der Waals surface area contributed by atoms with E-state index in [1.54, 1.807) is 0 Å². The van der Waals surface area contributed by atoms with Crippen LogP contribution in [0.25, 0.3) is 0 Å². The van der Waals surface area contributed by atoms with Gasteiger partial charge in [-0.2, -0.15) is 0 Å². The van der Waals surface area contributed by atoms with Crippen LogP contribution in [0.15, 0.2) is 35.5 Å². The Hall–Kier alpha value is -0.860. The molecule has 0 aromatic carbocycles. The molecular formula is C16H27NO. The van der Waals surface area contributed by atoms with Gasteiger partial charge in [0, 0.05) is 0 Å². The Morgan fingerprint density at radius 3 is 2.39 bits per heavy atom. The molecule has 2 aliphatic rings. The van der Waals surface area contributed by atoms with E-state index in [-0.39, 0.29) is 5.60 Å². The van der Waals surface area contributed by atoms with E-state index < -0.39 is 0 Å². The zero-order chi connectivity index (χ0) is 13.4. The standard InChI is InChI=1S/C14H21NO.C2H6/c1-3-5-6-12-11-16-14(13(12)4-2)7-9-15-10-8-14;1-2/h3-6,15H,7-11H2,1-2H3;1-2H3/b5-3-,12-6-,13-4+;. The van der Waals surface area contributed by atoms with Gasteiger partial charge < -0.3 is 10.1 Å². The molecule has 0 aromatic rings. The van der Waals surface area contributed by atoms with Crippen molar-refractivity contribution in [2.24, 2.45) is 0 Å². The average molecular weight is 249 g/mol. The summed E-state index contributed by atoms with van der Waals surface area (Å²) in [5, 5.41) is 3.40. The van der Waals surface area contributed by atoms with Gasteiger partial charge in [-0.05, 0) is 50.9 Å². The summed E-state index contributed by atoms with van der Waals surface area (Å²) >= 11 is 0.